The standard InChI is InChI=1S/C13H24N2O/c14-10-13(7-3-4-8-13)15-12(16)9-11-5-1-2-6-11/h11H,1-10,14H2,(H,15,16). The van der Waals surface area contributed by atoms with E-state index in [4.69, 9.17) is 5.73 Å². The van der Waals surface area contributed by atoms with Gasteiger partial charge in [0.25, 0.3) is 0 Å². The molecule has 1 amide bonds. The van der Waals surface area contributed by atoms with Crippen LogP contribution in [0.5, 0.6) is 0 Å². The second-order valence-corrected chi connectivity index (χ2v) is 5.59. The zero-order chi connectivity index (χ0) is 11.4. The lowest BCUT2D eigenvalue weighted by atomic mass is 9.96. The van der Waals surface area contributed by atoms with Gasteiger partial charge in [-0.3, -0.25) is 4.79 Å². The summed E-state index contributed by atoms with van der Waals surface area (Å²) >= 11 is 0. The zero-order valence-corrected chi connectivity index (χ0v) is 10.1. The summed E-state index contributed by atoms with van der Waals surface area (Å²) in [6.45, 7) is 0.601. The highest BCUT2D eigenvalue weighted by molar-refractivity contribution is 5.77. The summed E-state index contributed by atoms with van der Waals surface area (Å²) < 4.78 is 0. The number of carbonyl (C=O) groups is 1. The largest absolute Gasteiger partial charge is 0.349 e. The second kappa shape index (κ2) is 5.17. The molecule has 2 aliphatic carbocycles. The minimum atomic E-state index is -0.0598. The Morgan fingerprint density at radius 2 is 1.81 bits per heavy atom. The maximum atomic E-state index is 12.0. The Balaban J connectivity index is 1.80. The molecule has 2 fully saturated rings. The monoisotopic (exact) mass is 224 g/mol. The van der Waals surface area contributed by atoms with E-state index in [1.807, 2.05) is 0 Å². The predicted molar refractivity (Wildman–Crippen MR) is 65.0 cm³/mol. The molecule has 0 aliphatic heterocycles. The third-order valence-corrected chi connectivity index (χ3v) is 4.30. The number of nitrogens with two attached hydrogens (primary N) is 1. The van der Waals surface area contributed by atoms with Gasteiger partial charge in [-0.15, -0.1) is 0 Å². The fourth-order valence-corrected chi connectivity index (χ4v) is 3.26. The smallest absolute Gasteiger partial charge is 0.220 e. The van der Waals surface area contributed by atoms with E-state index in [1.165, 1.54) is 38.5 Å². The van der Waals surface area contributed by atoms with E-state index in [0.717, 1.165) is 19.3 Å². The molecule has 0 heterocycles. The number of rotatable bonds is 4. The first kappa shape index (κ1) is 11.9. The van der Waals surface area contributed by atoms with Gasteiger partial charge in [0.2, 0.25) is 5.91 Å². The van der Waals surface area contributed by atoms with E-state index in [2.05, 4.69) is 5.32 Å². The van der Waals surface area contributed by atoms with Gasteiger partial charge in [0.1, 0.15) is 0 Å². The highest BCUT2D eigenvalue weighted by Crippen LogP contribution is 2.30. The first-order valence-electron chi connectivity index (χ1n) is 6.75. The highest BCUT2D eigenvalue weighted by Gasteiger charge is 2.34. The van der Waals surface area contributed by atoms with Gasteiger partial charge in [-0.05, 0) is 31.6 Å². The molecule has 16 heavy (non-hydrogen) atoms. The van der Waals surface area contributed by atoms with Crippen molar-refractivity contribution in [1.82, 2.24) is 5.32 Å². The van der Waals surface area contributed by atoms with Crippen molar-refractivity contribution in [2.24, 2.45) is 11.7 Å². The maximum Gasteiger partial charge on any atom is 0.220 e. The van der Waals surface area contributed by atoms with Crippen molar-refractivity contribution in [3.05, 3.63) is 0 Å². The number of hydrogen-bond acceptors (Lipinski definition) is 2. The Kier molecular flexibility index (Phi) is 3.85. The molecule has 2 aliphatic rings. The van der Waals surface area contributed by atoms with Gasteiger partial charge in [0.15, 0.2) is 0 Å². The Labute approximate surface area is 98.2 Å². The molecule has 0 bridgehead atoms. The third kappa shape index (κ3) is 2.76. The number of nitrogens with one attached hydrogen (secondary N) is 1. The fraction of sp³-hybridized carbons (Fsp3) is 0.923. The highest BCUT2D eigenvalue weighted by atomic mass is 16.1. The summed E-state index contributed by atoms with van der Waals surface area (Å²) in [4.78, 5) is 12.0. The summed E-state index contributed by atoms with van der Waals surface area (Å²) in [7, 11) is 0. The summed E-state index contributed by atoms with van der Waals surface area (Å²) in [6.07, 6.45) is 10.4. The SMILES string of the molecule is NCC1(NC(=O)CC2CCCC2)CCCC1. The van der Waals surface area contributed by atoms with Crippen LogP contribution >= 0.6 is 0 Å². The molecule has 0 saturated heterocycles. The molecule has 0 aromatic rings. The van der Waals surface area contributed by atoms with E-state index >= 15 is 0 Å². The van der Waals surface area contributed by atoms with E-state index < -0.39 is 0 Å². The fourth-order valence-electron chi connectivity index (χ4n) is 3.26. The molecule has 2 saturated carbocycles. The Bertz CT molecular complexity index is 240. The van der Waals surface area contributed by atoms with Crippen molar-refractivity contribution in [3.8, 4) is 0 Å². The first-order chi connectivity index (χ1) is 7.74. The summed E-state index contributed by atoms with van der Waals surface area (Å²) in [5.74, 6) is 0.871. The second-order valence-electron chi connectivity index (χ2n) is 5.59. The summed E-state index contributed by atoms with van der Waals surface area (Å²) in [5.41, 5.74) is 5.75. The normalized spacial score (nSPS) is 24.8. The minimum absolute atomic E-state index is 0.0598. The molecule has 3 nitrogen and oxygen atoms in total. The quantitative estimate of drug-likeness (QED) is 0.767. The van der Waals surface area contributed by atoms with Crippen molar-refractivity contribution in [3.63, 3.8) is 0 Å². The molecule has 0 unspecified atom stereocenters. The van der Waals surface area contributed by atoms with Crippen LogP contribution in [0, 0.1) is 5.92 Å². The number of carbonyl (C=O) groups excluding carboxylic acids is 1. The van der Waals surface area contributed by atoms with Crippen LogP contribution in [0.25, 0.3) is 0 Å². The van der Waals surface area contributed by atoms with Gasteiger partial charge in [0, 0.05) is 13.0 Å². The van der Waals surface area contributed by atoms with Crippen molar-refractivity contribution >= 4 is 5.91 Å². The molecular weight excluding hydrogens is 200 g/mol. The average molecular weight is 224 g/mol. The first-order valence-corrected chi connectivity index (χ1v) is 6.75. The molecule has 0 aromatic carbocycles. The topological polar surface area (TPSA) is 55.1 Å². The van der Waals surface area contributed by atoms with Crippen molar-refractivity contribution in [1.29, 1.82) is 0 Å². The number of amides is 1. The molecule has 0 radical (unpaired) electrons. The summed E-state index contributed by atoms with van der Waals surface area (Å²) in [6, 6.07) is 0. The van der Waals surface area contributed by atoms with Crippen LogP contribution in [-0.2, 0) is 4.79 Å². The van der Waals surface area contributed by atoms with Gasteiger partial charge in [-0.25, -0.2) is 0 Å². The predicted octanol–water partition coefficient (Wildman–Crippen LogP) is 1.95. The van der Waals surface area contributed by atoms with Crippen molar-refractivity contribution in [2.75, 3.05) is 6.54 Å². The number of hydrogen-bond donors (Lipinski definition) is 2. The zero-order valence-electron chi connectivity index (χ0n) is 10.1. The molecule has 3 N–H and O–H groups in total. The van der Waals surface area contributed by atoms with Crippen LogP contribution in [0.2, 0.25) is 0 Å². The average Bonchev–Trinajstić information content (AvgIpc) is 2.90. The molecule has 0 atom stereocenters. The lowest BCUT2D eigenvalue weighted by molar-refractivity contribution is -0.123. The van der Waals surface area contributed by atoms with Crippen LogP contribution in [-0.4, -0.2) is 18.0 Å². The minimum Gasteiger partial charge on any atom is -0.349 e. The van der Waals surface area contributed by atoms with Gasteiger partial charge >= 0.3 is 0 Å². The van der Waals surface area contributed by atoms with Gasteiger partial charge in [-0.2, -0.15) is 0 Å². The molecule has 92 valence electrons. The van der Waals surface area contributed by atoms with Crippen LogP contribution < -0.4 is 11.1 Å². The van der Waals surface area contributed by atoms with Crippen LogP contribution in [0.15, 0.2) is 0 Å². The van der Waals surface area contributed by atoms with Crippen LogP contribution in [0.1, 0.15) is 57.8 Å². The van der Waals surface area contributed by atoms with E-state index in [-0.39, 0.29) is 11.4 Å². The Morgan fingerprint density at radius 3 is 2.38 bits per heavy atom. The third-order valence-electron chi connectivity index (χ3n) is 4.30. The molecular formula is C13H24N2O. The summed E-state index contributed by atoms with van der Waals surface area (Å²) in [5, 5.41) is 3.20. The van der Waals surface area contributed by atoms with Crippen molar-refractivity contribution < 1.29 is 4.79 Å². The molecule has 0 aromatic heterocycles. The molecule has 0 spiro atoms. The lowest BCUT2D eigenvalue weighted by Crippen LogP contribution is -2.51. The van der Waals surface area contributed by atoms with E-state index in [0.29, 0.717) is 12.5 Å². The van der Waals surface area contributed by atoms with E-state index in [9.17, 15) is 4.79 Å². The van der Waals surface area contributed by atoms with Gasteiger partial charge in [0.05, 0.1) is 5.54 Å². The van der Waals surface area contributed by atoms with Gasteiger partial charge in [-0.1, -0.05) is 25.7 Å². The maximum absolute atomic E-state index is 12.0. The van der Waals surface area contributed by atoms with Gasteiger partial charge < -0.3 is 11.1 Å². The molecule has 3 heteroatoms. The van der Waals surface area contributed by atoms with Crippen molar-refractivity contribution in [2.45, 2.75) is 63.3 Å². The Morgan fingerprint density at radius 1 is 1.19 bits per heavy atom. The Hall–Kier alpha value is -0.570. The lowest BCUT2D eigenvalue weighted by Gasteiger charge is -2.29. The van der Waals surface area contributed by atoms with Crippen LogP contribution in [0.4, 0.5) is 0 Å². The molecule has 2 rings (SSSR count). The van der Waals surface area contributed by atoms with Crippen LogP contribution in [0.3, 0.4) is 0 Å². The van der Waals surface area contributed by atoms with E-state index in [1.54, 1.807) is 0 Å².